The van der Waals surface area contributed by atoms with Crippen molar-refractivity contribution in [1.29, 1.82) is 0 Å². The molecule has 0 amide bonds. The van der Waals surface area contributed by atoms with E-state index in [-0.39, 0.29) is 0 Å². The van der Waals surface area contributed by atoms with Crippen molar-refractivity contribution in [1.82, 2.24) is 0 Å². The summed E-state index contributed by atoms with van der Waals surface area (Å²) in [7, 11) is 6.37. The lowest BCUT2D eigenvalue weighted by Crippen LogP contribution is -2.41. The van der Waals surface area contributed by atoms with Gasteiger partial charge in [0.25, 0.3) is 0 Å². The topological polar surface area (TPSA) is 155 Å². The predicted octanol–water partition coefficient (Wildman–Crippen LogP) is -1.53. The van der Waals surface area contributed by atoms with Crippen LogP contribution in [0.1, 0.15) is 38.5 Å². The SMILES string of the molecule is C[N+](C)(C)CCCC[C@H](N)C(=O)O.NCCCC[C@H](N)C(=O)[O-]. The van der Waals surface area contributed by atoms with Gasteiger partial charge in [-0.05, 0) is 38.6 Å². The van der Waals surface area contributed by atoms with Gasteiger partial charge >= 0.3 is 5.97 Å². The summed E-state index contributed by atoms with van der Waals surface area (Å²) in [6.07, 6.45) is 4.54. The van der Waals surface area contributed by atoms with Crippen molar-refractivity contribution in [3.05, 3.63) is 0 Å². The molecule has 0 saturated carbocycles. The van der Waals surface area contributed by atoms with Crippen molar-refractivity contribution in [2.75, 3.05) is 34.2 Å². The smallest absolute Gasteiger partial charge is 0.320 e. The average molecular weight is 334 g/mol. The molecule has 0 heterocycles. The van der Waals surface area contributed by atoms with Crippen LogP contribution in [0.3, 0.4) is 0 Å². The number of rotatable bonds is 11. The zero-order chi connectivity index (χ0) is 18.5. The molecule has 0 aromatic rings. The lowest BCUT2D eigenvalue weighted by Gasteiger charge is -2.23. The van der Waals surface area contributed by atoms with Crippen LogP contribution >= 0.6 is 0 Å². The molecular weight excluding hydrogens is 300 g/mol. The highest BCUT2D eigenvalue weighted by molar-refractivity contribution is 5.72. The van der Waals surface area contributed by atoms with Gasteiger partial charge in [-0.2, -0.15) is 0 Å². The second kappa shape index (κ2) is 13.2. The minimum atomic E-state index is -1.18. The largest absolute Gasteiger partial charge is 0.548 e. The van der Waals surface area contributed by atoms with E-state index in [1.165, 1.54) is 0 Å². The summed E-state index contributed by atoms with van der Waals surface area (Å²) in [4.78, 5) is 20.4. The second-order valence-electron chi connectivity index (χ2n) is 6.66. The Kier molecular flexibility index (Phi) is 13.8. The van der Waals surface area contributed by atoms with Gasteiger partial charge in [0.15, 0.2) is 0 Å². The molecule has 0 aromatic carbocycles. The molecule has 0 fully saturated rings. The van der Waals surface area contributed by atoms with Crippen LogP contribution in [0.4, 0.5) is 0 Å². The molecule has 0 aliphatic heterocycles. The third-order valence-electron chi connectivity index (χ3n) is 3.18. The van der Waals surface area contributed by atoms with Gasteiger partial charge in [0.1, 0.15) is 6.04 Å². The number of carbonyl (C=O) groups excluding carboxylic acids is 1. The Bertz CT molecular complexity index is 332. The molecule has 2 atom stereocenters. The van der Waals surface area contributed by atoms with E-state index in [9.17, 15) is 14.7 Å². The van der Waals surface area contributed by atoms with Gasteiger partial charge in [-0.3, -0.25) is 4.79 Å². The molecule has 0 saturated heterocycles. The Labute approximate surface area is 139 Å². The fraction of sp³-hybridized carbons (Fsp3) is 0.867. The molecule has 0 bridgehead atoms. The number of quaternary nitrogens is 1. The Morgan fingerprint density at radius 3 is 1.87 bits per heavy atom. The molecule has 0 unspecified atom stereocenters. The fourth-order valence-electron chi connectivity index (χ4n) is 1.70. The van der Waals surface area contributed by atoms with Gasteiger partial charge in [-0.1, -0.05) is 6.42 Å². The monoisotopic (exact) mass is 334 g/mol. The van der Waals surface area contributed by atoms with Crippen molar-refractivity contribution in [2.24, 2.45) is 17.2 Å². The highest BCUT2D eigenvalue weighted by Crippen LogP contribution is 2.02. The van der Waals surface area contributed by atoms with Crippen molar-refractivity contribution in [2.45, 2.75) is 50.6 Å². The van der Waals surface area contributed by atoms with Crippen LogP contribution in [0.5, 0.6) is 0 Å². The Morgan fingerprint density at radius 1 is 1.00 bits per heavy atom. The van der Waals surface area contributed by atoms with Crippen LogP contribution in [0, 0.1) is 0 Å². The molecule has 8 heteroatoms. The number of carbonyl (C=O) groups is 2. The number of hydrogen-bond donors (Lipinski definition) is 4. The van der Waals surface area contributed by atoms with E-state index in [0.29, 0.717) is 19.4 Å². The van der Waals surface area contributed by atoms with Gasteiger partial charge in [-0.25, -0.2) is 0 Å². The van der Waals surface area contributed by atoms with Crippen molar-refractivity contribution >= 4 is 11.9 Å². The van der Waals surface area contributed by atoms with Gasteiger partial charge in [0.05, 0.1) is 33.7 Å². The van der Waals surface area contributed by atoms with Gasteiger partial charge < -0.3 is 36.7 Å². The lowest BCUT2D eigenvalue weighted by atomic mass is 10.1. The summed E-state index contributed by atoms with van der Waals surface area (Å²) in [6.45, 7) is 1.64. The van der Waals surface area contributed by atoms with E-state index in [4.69, 9.17) is 22.3 Å². The van der Waals surface area contributed by atoms with E-state index in [0.717, 1.165) is 36.7 Å². The third kappa shape index (κ3) is 18.7. The second-order valence-corrected chi connectivity index (χ2v) is 6.66. The first-order chi connectivity index (χ1) is 10.5. The zero-order valence-corrected chi connectivity index (χ0v) is 14.7. The maximum absolute atomic E-state index is 10.4. The molecular formula is C15H34N4O4. The molecule has 0 aliphatic rings. The molecule has 8 nitrogen and oxygen atoms in total. The zero-order valence-electron chi connectivity index (χ0n) is 14.7. The van der Waals surface area contributed by atoms with Crippen LogP contribution in [-0.2, 0) is 9.59 Å². The first kappa shape index (κ1) is 24.0. The number of aliphatic carboxylic acids is 2. The standard InChI is InChI=1S/C9H20N2O2.C6H14N2O2/c1-11(2,3)7-5-4-6-8(10)9(12)13;7-4-2-1-3-5(8)6(9)10/h8H,4-7,10H2,1-3H3;5H,1-4,7-8H2,(H,9,10)/t8-;5-/m00/s1. The summed E-state index contributed by atoms with van der Waals surface area (Å²) in [5.74, 6) is -2.08. The van der Waals surface area contributed by atoms with Gasteiger partial charge in [0.2, 0.25) is 0 Å². The fourth-order valence-corrected chi connectivity index (χ4v) is 1.70. The first-order valence-corrected chi connectivity index (χ1v) is 7.96. The van der Waals surface area contributed by atoms with E-state index in [2.05, 4.69) is 21.1 Å². The van der Waals surface area contributed by atoms with Crippen molar-refractivity contribution < 1.29 is 24.3 Å². The van der Waals surface area contributed by atoms with Crippen LogP contribution in [0.25, 0.3) is 0 Å². The normalized spacial score (nSPS) is 13.7. The highest BCUT2D eigenvalue weighted by atomic mass is 16.4. The Hall–Kier alpha value is -1.22. The summed E-state index contributed by atoms with van der Waals surface area (Å²) in [5.41, 5.74) is 15.7. The Morgan fingerprint density at radius 2 is 1.48 bits per heavy atom. The molecule has 23 heavy (non-hydrogen) atoms. The maximum Gasteiger partial charge on any atom is 0.320 e. The molecule has 7 N–H and O–H groups in total. The molecule has 0 spiro atoms. The quantitative estimate of drug-likeness (QED) is 0.264. The van der Waals surface area contributed by atoms with Crippen LogP contribution in [-0.4, -0.2) is 67.8 Å². The minimum Gasteiger partial charge on any atom is -0.548 e. The number of unbranched alkanes of at least 4 members (excludes halogenated alkanes) is 2. The lowest BCUT2D eigenvalue weighted by molar-refractivity contribution is -0.870. The third-order valence-corrected chi connectivity index (χ3v) is 3.18. The summed E-state index contributed by atoms with van der Waals surface area (Å²) in [6, 6.07) is -1.51. The van der Waals surface area contributed by atoms with Gasteiger partial charge in [-0.15, -0.1) is 0 Å². The van der Waals surface area contributed by atoms with Crippen LogP contribution in [0.2, 0.25) is 0 Å². The molecule has 138 valence electrons. The van der Waals surface area contributed by atoms with E-state index in [1.807, 2.05) is 0 Å². The van der Waals surface area contributed by atoms with E-state index < -0.39 is 24.0 Å². The van der Waals surface area contributed by atoms with Crippen LogP contribution in [0.15, 0.2) is 0 Å². The van der Waals surface area contributed by atoms with Crippen LogP contribution < -0.4 is 22.3 Å². The Balaban J connectivity index is 0. The molecule has 0 aliphatic carbocycles. The number of hydrogen-bond acceptors (Lipinski definition) is 6. The van der Waals surface area contributed by atoms with E-state index in [1.54, 1.807) is 0 Å². The minimum absolute atomic E-state index is 0.458. The number of carboxylic acids is 2. The number of nitrogens with zero attached hydrogens (tertiary/aromatic N) is 1. The van der Waals surface area contributed by atoms with Crippen molar-refractivity contribution in [3.8, 4) is 0 Å². The maximum atomic E-state index is 10.4. The number of nitrogens with two attached hydrogens (primary N) is 3. The predicted molar refractivity (Wildman–Crippen MR) is 88.2 cm³/mol. The molecule has 0 radical (unpaired) electrons. The number of carboxylic acid groups (broad SMARTS) is 2. The summed E-state index contributed by atoms with van der Waals surface area (Å²) >= 11 is 0. The van der Waals surface area contributed by atoms with Gasteiger partial charge in [0, 0.05) is 6.04 Å². The van der Waals surface area contributed by atoms with E-state index >= 15 is 0 Å². The average Bonchev–Trinajstić information content (AvgIpc) is 2.42. The summed E-state index contributed by atoms with van der Waals surface area (Å²) < 4.78 is 0.919. The first-order valence-electron chi connectivity index (χ1n) is 7.96. The molecule has 0 aromatic heterocycles. The highest BCUT2D eigenvalue weighted by Gasteiger charge is 2.12. The summed E-state index contributed by atoms with van der Waals surface area (Å²) in [5, 5.41) is 18.5. The molecule has 0 rings (SSSR count). The van der Waals surface area contributed by atoms with Crippen molar-refractivity contribution in [3.63, 3.8) is 0 Å².